The van der Waals surface area contributed by atoms with Gasteiger partial charge in [0.2, 0.25) is 5.89 Å². The minimum Gasteiger partial charge on any atom is -0.458 e. The highest BCUT2D eigenvalue weighted by atomic mass is 79.9. The van der Waals surface area contributed by atoms with Crippen molar-refractivity contribution in [2.75, 3.05) is 14.2 Å². The first-order valence-corrected chi connectivity index (χ1v) is 25.2. The number of aliphatic hydroxyl groups is 3. The molecule has 3 N–H and O–H groups in total. The van der Waals surface area contributed by atoms with Crippen molar-refractivity contribution in [2.45, 2.75) is 177 Å². The summed E-state index contributed by atoms with van der Waals surface area (Å²) in [6.07, 6.45) is 19.5. The van der Waals surface area contributed by atoms with Crippen LogP contribution in [0.3, 0.4) is 0 Å². The number of aromatic nitrogens is 2. The predicted molar refractivity (Wildman–Crippen MR) is 261 cm³/mol. The molecular weight excluding hydrogens is 952 g/mol. The molecule has 5 aliphatic heterocycles. The minimum atomic E-state index is -1.73. The molecule has 4 fully saturated rings. The van der Waals surface area contributed by atoms with Gasteiger partial charge in [-0.15, -0.1) is 0 Å². The van der Waals surface area contributed by atoms with Gasteiger partial charge in [0.25, 0.3) is 0 Å². The van der Waals surface area contributed by atoms with Gasteiger partial charge in [0.15, 0.2) is 11.7 Å². The molecule has 0 radical (unpaired) electrons. The van der Waals surface area contributed by atoms with Gasteiger partial charge < -0.3 is 57.3 Å². The second-order valence-electron chi connectivity index (χ2n) is 19.5. The fourth-order valence-electron chi connectivity index (χ4n) is 10.4. The van der Waals surface area contributed by atoms with E-state index < -0.39 is 48.4 Å². The number of nitrogens with zero attached hydrogens (tertiary/aromatic N) is 2. The van der Waals surface area contributed by atoms with Crippen molar-refractivity contribution in [3.05, 3.63) is 107 Å². The Morgan fingerprint density at radius 2 is 1.78 bits per heavy atom. The molecule has 15 nitrogen and oxygen atoms in total. The normalized spacial score (nSPS) is 35.2. The van der Waals surface area contributed by atoms with Crippen LogP contribution >= 0.6 is 15.9 Å². The average Bonchev–Trinajstić information content (AvgIpc) is 3.96. The molecule has 69 heavy (non-hydrogen) atoms. The first-order valence-electron chi connectivity index (χ1n) is 24.3. The highest BCUT2D eigenvalue weighted by Crippen LogP contribution is 2.40. The zero-order valence-corrected chi connectivity index (χ0v) is 42.3. The second kappa shape index (κ2) is 24.5. The lowest BCUT2D eigenvalue weighted by atomic mass is 9.79. The maximum absolute atomic E-state index is 13.6. The standard InChI is InChI=1S/C53H71BrN2O13/c1-31(16-17-38(61-6)12-10-18-54)21-44(58)47-26-42(62-7)27-53(60,69-47)28-49-55-36(29-63-49)22-33(3)51-35(5)52-34(4)45(67-51)13-9-14-48-56-43(30-64-48)46-24-37(57)23-41(66-46)25-40-20-32(2)19-39(65-40)11-8-15-50(59)68-52/h8-10,14-18,21-22,29-30,34-35,37-42,44-47,51-52,57-58,60H,2,11-13,19-20,23-28H2,1,3-7H3/t34?,35-,37+,38?,39-,40+,41-,42?,44+,45+,46+,47+,51-,52-,53-/m0/s1. The average molecular weight is 1020 g/mol. The van der Waals surface area contributed by atoms with Crippen LogP contribution in [-0.4, -0.2) is 118 Å². The van der Waals surface area contributed by atoms with E-state index in [1.807, 2.05) is 64.2 Å². The molecule has 2 aromatic heterocycles. The summed E-state index contributed by atoms with van der Waals surface area (Å²) >= 11 is 3.28. The number of rotatable bonds is 12. The molecular formula is C53H71BrN2O13. The fraction of sp³-hybridized carbons (Fsp3) is 0.604. The molecule has 5 aliphatic rings. The van der Waals surface area contributed by atoms with E-state index in [-0.39, 0.29) is 67.2 Å². The van der Waals surface area contributed by atoms with Crippen LogP contribution in [0.1, 0.15) is 121 Å². The Labute approximate surface area is 414 Å². The van der Waals surface area contributed by atoms with Crippen LogP contribution in [0.2, 0.25) is 0 Å². The van der Waals surface area contributed by atoms with Crippen LogP contribution < -0.4 is 0 Å². The van der Waals surface area contributed by atoms with Gasteiger partial charge in [-0.05, 0) is 75.1 Å². The number of hydrogen-bond acceptors (Lipinski definition) is 15. The third-order valence-electron chi connectivity index (χ3n) is 13.9. The highest BCUT2D eigenvalue weighted by Gasteiger charge is 2.45. The van der Waals surface area contributed by atoms with Crippen molar-refractivity contribution in [1.29, 1.82) is 0 Å². The molecule has 7 heterocycles. The maximum Gasteiger partial charge on any atom is 0.330 e. The lowest BCUT2D eigenvalue weighted by Crippen LogP contribution is -2.51. The van der Waals surface area contributed by atoms with Gasteiger partial charge in [-0.2, -0.15) is 0 Å². The van der Waals surface area contributed by atoms with Crippen LogP contribution in [0.15, 0.2) is 92.2 Å². The summed E-state index contributed by atoms with van der Waals surface area (Å²) in [6, 6.07) is 0. The van der Waals surface area contributed by atoms with Crippen molar-refractivity contribution in [2.24, 2.45) is 11.8 Å². The third-order valence-corrected chi connectivity index (χ3v) is 14.2. The van der Waals surface area contributed by atoms with Crippen LogP contribution in [0.5, 0.6) is 0 Å². The smallest absolute Gasteiger partial charge is 0.330 e. The molecule has 2 aromatic rings. The van der Waals surface area contributed by atoms with E-state index in [1.54, 1.807) is 37.6 Å². The molecule has 0 aliphatic carbocycles. The van der Waals surface area contributed by atoms with Crippen molar-refractivity contribution < 1.29 is 62.1 Å². The summed E-state index contributed by atoms with van der Waals surface area (Å²) < 4.78 is 55.2. The first kappa shape index (κ1) is 53.0. The van der Waals surface area contributed by atoms with Gasteiger partial charge in [0.1, 0.15) is 36.1 Å². The van der Waals surface area contributed by atoms with Gasteiger partial charge in [0, 0.05) is 57.8 Å². The number of methoxy groups -OCH3 is 2. The number of aliphatic hydroxyl groups excluding tert-OH is 2. The predicted octanol–water partition coefficient (Wildman–Crippen LogP) is 8.76. The summed E-state index contributed by atoms with van der Waals surface area (Å²) in [5.74, 6) is -1.95. The highest BCUT2D eigenvalue weighted by molar-refractivity contribution is 9.11. The number of carbonyl (C=O) groups excluding carboxylic acids is 1. The van der Waals surface area contributed by atoms with Crippen LogP contribution in [0, 0.1) is 11.8 Å². The molecule has 0 spiro atoms. The summed E-state index contributed by atoms with van der Waals surface area (Å²) in [5.41, 5.74) is 3.86. The molecule has 4 saturated heterocycles. The summed E-state index contributed by atoms with van der Waals surface area (Å²) in [7, 11) is 3.22. The Hall–Kier alpha value is -3.81. The largest absolute Gasteiger partial charge is 0.458 e. The number of ether oxygens (including phenoxy) is 7. The fourth-order valence-corrected chi connectivity index (χ4v) is 10.6. The summed E-state index contributed by atoms with van der Waals surface area (Å²) in [5, 5.41) is 33.9. The Balaban J connectivity index is 1.06. The monoisotopic (exact) mass is 1020 g/mol. The number of hydrogen-bond donors (Lipinski definition) is 3. The van der Waals surface area contributed by atoms with Crippen molar-refractivity contribution in [3.63, 3.8) is 0 Å². The Bertz CT molecular complexity index is 2210. The molecule has 0 saturated carbocycles. The molecule has 0 amide bonds. The van der Waals surface area contributed by atoms with Crippen LogP contribution in [0.4, 0.5) is 0 Å². The Morgan fingerprint density at radius 3 is 2.57 bits per heavy atom. The van der Waals surface area contributed by atoms with E-state index in [1.165, 1.54) is 12.3 Å². The van der Waals surface area contributed by atoms with E-state index in [2.05, 4.69) is 22.5 Å². The summed E-state index contributed by atoms with van der Waals surface area (Å²) in [6.45, 7) is 12.2. The molecule has 378 valence electrons. The molecule has 7 rings (SSSR count). The topological polar surface area (TPSA) is 194 Å². The first-order chi connectivity index (χ1) is 33.1. The van der Waals surface area contributed by atoms with Crippen molar-refractivity contribution in [1.82, 2.24) is 9.97 Å². The summed E-state index contributed by atoms with van der Waals surface area (Å²) in [4.78, 5) is 24.8. The molecule has 8 bridgehead atoms. The van der Waals surface area contributed by atoms with Crippen LogP contribution in [0.25, 0.3) is 12.2 Å². The number of carbonyl (C=O) groups is 1. The van der Waals surface area contributed by atoms with E-state index >= 15 is 0 Å². The van der Waals surface area contributed by atoms with Gasteiger partial charge in [-0.25, -0.2) is 14.8 Å². The van der Waals surface area contributed by atoms with E-state index in [9.17, 15) is 20.1 Å². The van der Waals surface area contributed by atoms with E-state index in [0.717, 1.165) is 16.7 Å². The SMILES string of the molecule is C=C1C[C@@H]2C[C@@H]3C[C@@H](O)C[C@@H](O3)c3coc(n3)C=CC[C@H]3O[C@@H](C(C)=Cc4coc(C[C@]5(O)CC(OC)C[C@H]([C@H](O)C=C(C)C=CC(CC=CBr)OC)O5)n4)[C@H](C)[C@@H](OC(=O)C=CC[C@@H](C1)O2)C3C. The minimum absolute atomic E-state index is 0.0830. The second-order valence-corrected chi connectivity index (χ2v) is 20.0. The Morgan fingerprint density at radius 1 is 0.986 bits per heavy atom. The molecule has 16 heteroatoms. The zero-order chi connectivity index (χ0) is 49.2. The lowest BCUT2D eigenvalue weighted by molar-refractivity contribution is -0.286. The number of oxazole rings is 2. The Kier molecular flexibility index (Phi) is 18.9. The number of fused-ring (bicyclic) bond motifs is 9. The number of esters is 1. The van der Waals surface area contributed by atoms with Crippen molar-refractivity contribution >= 4 is 34.1 Å². The lowest BCUT2D eigenvalue weighted by Gasteiger charge is -2.44. The van der Waals surface area contributed by atoms with E-state index in [0.29, 0.717) is 75.1 Å². The molecule has 15 atom stereocenters. The number of allylic oxidation sites excluding steroid dienone is 2. The van der Waals surface area contributed by atoms with Gasteiger partial charge in [-0.3, -0.25) is 0 Å². The molecule has 3 unspecified atom stereocenters. The van der Waals surface area contributed by atoms with Gasteiger partial charge in [-0.1, -0.05) is 84.0 Å². The quantitative estimate of drug-likeness (QED) is 0.104. The third kappa shape index (κ3) is 14.6. The molecule has 0 aromatic carbocycles. The van der Waals surface area contributed by atoms with E-state index in [4.69, 9.17) is 52.0 Å². The maximum atomic E-state index is 13.6. The number of halogens is 1. The van der Waals surface area contributed by atoms with Crippen molar-refractivity contribution in [3.8, 4) is 0 Å². The zero-order valence-electron chi connectivity index (χ0n) is 40.7. The van der Waals surface area contributed by atoms with Crippen LogP contribution in [-0.2, 0) is 44.4 Å². The van der Waals surface area contributed by atoms with Gasteiger partial charge in [0.05, 0.1) is 67.5 Å². The van der Waals surface area contributed by atoms with Gasteiger partial charge >= 0.3 is 5.97 Å².